The van der Waals surface area contributed by atoms with E-state index >= 15 is 0 Å². The molecule has 3 aromatic rings. The Bertz CT molecular complexity index is 643. The van der Waals surface area contributed by atoms with Crippen LogP contribution in [0.3, 0.4) is 0 Å². The average Bonchev–Trinajstić information content (AvgIpc) is 3.04. The second-order valence-electron chi connectivity index (χ2n) is 4.27. The molecule has 0 aliphatic rings. The number of H-pyrrole nitrogens is 1. The van der Waals surface area contributed by atoms with E-state index in [4.69, 9.17) is 4.42 Å². The van der Waals surface area contributed by atoms with Crippen LogP contribution in [-0.2, 0) is 18.6 Å². The molecule has 0 unspecified atom stereocenters. The first-order chi connectivity index (χ1) is 8.85. The Kier molecular flexibility index (Phi) is 3.11. The molecule has 4 heteroatoms. The Morgan fingerprint density at radius 1 is 1.22 bits per heavy atom. The maximum atomic E-state index is 5.31. The number of aromatic nitrogens is 2. The Morgan fingerprint density at radius 3 is 2.94 bits per heavy atom. The standard InChI is InChI=1S/C14H14N2OS/c18-9-10-3-5-12-13(8-10)16-14(15-12)6-4-11-2-1-7-17-11/h1-3,5,7-8,18H,4,6,9H2,(H,15,16). The number of aryl methyl sites for hydroxylation is 2. The fourth-order valence-corrected chi connectivity index (χ4v) is 2.22. The van der Waals surface area contributed by atoms with Crippen molar-refractivity contribution in [3.8, 4) is 0 Å². The van der Waals surface area contributed by atoms with Crippen LogP contribution in [0.2, 0.25) is 0 Å². The lowest BCUT2D eigenvalue weighted by molar-refractivity contribution is 0.507. The Morgan fingerprint density at radius 2 is 2.17 bits per heavy atom. The van der Waals surface area contributed by atoms with Crippen molar-refractivity contribution in [3.63, 3.8) is 0 Å². The first kappa shape index (κ1) is 11.4. The van der Waals surface area contributed by atoms with Crippen LogP contribution in [0.15, 0.2) is 41.0 Å². The van der Waals surface area contributed by atoms with Crippen molar-refractivity contribution in [2.45, 2.75) is 18.6 Å². The molecular weight excluding hydrogens is 244 g/mol. The number of imidazole rings is 1. The minimum atomic E-state index is 0.747. The minimum Gasteiger partial charge on any atom is -0.469 e. The molecule has 92 valence electrons. The highest BCUT2D eigenvalue weighted by molar-refractivity contribution is 7.79. The van der Waals surface area contributed by atoms with Gasteiger partial charge in [0.1, 0.15) is 11.6 Å². The molecule has 3 nitrogen and oxygen atoms in total. The monoisotopic (exact) mass is 258 g/mol. The first-order valence-electron chi connectivity index (χ1n) is 5.96. The van der Waals surface area contributed by atoms with Crippen LogP contribution < -0.4 is 0 Å². The fraction of sp³-hybridized carbons (Fsp3) is 0.214. The molecule has 0 amide bonds. The summed E-state index contributed by atoms with van der Waals surface area (Å²) in [5.41, 5.74) is 3.29. The zero-order valence-electron chi connectivity index (χ0n) is 9.89. The smallest absolute Gasteiger partial charge is 0.107 e. The normalized spacial score (nSPS) is 11.2. The number of hydrogen-bond donors (Lipinski definition) is 2. The van der Waals surface area contributed by atoms with Crippen LogP contribution in [0.4, 0.5) is 0 Å². The summed E-state index contributed by atoms with van der Waals surface area (Å²) in [4.78, 5) is 7.91. The lowest BCUT2D eigenvalue weighted by atomic mass is 10.2. The van der Waals surface area contributed by atoms with Gasteiger partial charge in [-0.3, -0.25) is 0 Å². The van der Waals surface area contributed by atoms with Gasteiger partial charge in [-0.05, 0) is 29.8 Å². The van der Waals surface area contributed by atoms with Gasteiger partial charge in [-0.15, -0.1) is 0 Å². The van der Waals surface area contributed by atoms with Gasteiger partial charge in [0, 0.05) is 18.6 Å². The van der Waals surface area contributed by atoms with Crippen molar-refractivity contribution in [1.29, 1.82) is 0 Å². The highest BCUT2D eigenvalue weighted by Gasteiger charge is 2.04. The van der Waals surface area contributed by atoms with Gasteiger partial charge in [0.05, 0.1) is 17.3 Å². The summed E-state index contributed by atoms with van der Waals surface area (Å²) in [6.45, 7) is 0. The second-order valence-corrected chi connectivity index (χ2v) is 4.59. The third-order valence-electron chi connectivity index (χ3n) is 2.97. The number of nitrogens with zero attached hydrogens (tertiary/aromatic N) is 1. The molecule has 0 aliphatic heterocycles. The third kappa shape index (κ3) is 2.29. The predicted octanol–water partition coefficient (Wildman–Crippen LogP) is 3.37. The molecular formula is C14H14N2OS. The summed E-state index contributed by atoms with van der Waals surface area (Å²) in [6.07, 6.45) is 3.43. The van der Waals surface area contributed by atoms with Gasteiger partial charge in [0.15, 0.2) is 0 Å². The fourth-order valence-electron chi connectivity index (χ4n) is 2.02. The van der Waals surface area contributed by atoms with E-state index < -0.39 is 0 Å². The van der Waals surface area contributed by atoms with Crippen LogP contribution in [0, 0.1) is 0 Å². The average molecular weight is 258 g/mol. The SMILES string of the molecule is SCc1ccc2nc(CCc3ccco3)[nH]c2c1. The molecule has 0 radical (unpaired) electrons. The van der Waals surface area contributed by atoms with Crippen molar-refractivity contribution in [3.05, 3.63) is 53.7 Å². The number of thiol groups is 1. The summed E-state index contributed by atoms with van der Waals surface area (Å²) in [5, 5.41) is 0. The number of rotatable bonds is 4. The third-order valence-corrected chi connectivity index (χ3v) is 3.33. The summed E-state index contributed by atoms with van der Waals surface area (Å²) in [6, 6.07) is 10.1. The van der Waals surface area contributed by atoms with Gasteiger partial charge >= 0.3 is 0 Å². The molecule has 0 bridgehead atoms. The summed E-state index contributed by atoms with van der Waals surface area (Å²) < 4.78 is 5.31. The largest absolute Gasteiger partial charge is 0.469 e. The molecule has 1 N–H and O–H groups in total. The lowest BCUT2D eigenvalue weighted by Crippen LogP contribution is -1.91. The predicted molar refractivity (Wildman–Crippen MR) is 74.9 cm³/mol. The molecule has 0 saturated heterocycles. The van der Waals surface area contributed by atoms with Gasteiger partial charge in [0.2, 0.25) is 0 Å². The van der Waals surface area contributed by atoms with Crippen LogP contribution in [0.25, 0.3) is 11.0 Å². The van der Waals surface area contributed by atoms with Crippen LogP contribution in [0.5, 0.6) is 0 Å². The van der Waals surface area contributed by atoms with Crippen molar-refractivity contribution in [1.82, 2.24) is 9.97 Å². The van der Waals surface area contributed by atoms with E-state index in [1.807, 2.05) is 18.2 Å². The van der Waals surface area contributed by atoms with Gasteiger partial charge in [-0.25, -0.2) is 4.98 Å². The van der Waals surface area contributed by atoms with Crippen LogP contribution in [0.1, 0.15) is 17.1 Å². The molecule has 0 atom stereocenters. The maximum Gasteiger partial charge on any atom is 0.107 e. The number of hydrogen-bond acceptors (Lipinski definition) is 3. The van der Waals surface area contributed by atoms with Crippen molar-refractivity contribution < 1.29 is 4.42 Å². The lowest BCUT2D eigenvalue weighted by Gasteiger charge is -1.94. The van der Waals surface area contributed by atoms with Crippen molar-refractivity contribution in [2.75, 3.05) is 0 Å². The van der Waals surface area contributed by atoms with Crippen molar-refractivity contribution >= 4 is 23.7 Å². The van der Waals surface area contributed by atoms with Gasteiger partial charge < -0.3 is 9.40 Å². The Hall–Kier alpha value is -1.68. The molecule has 0 saturated carbocycles. The van der Waals surface area contributed by atoms with Gasteiger partial charge in [0.25, 0.3) is 0 Å². The Balaban J connectivity index is 1.80. The Labute approximate surface area is 111 Å². The summed E-state index contributed by atoms with van der Waals surface area (Å²) >= 11 is 4.28. The zero-order chi connectivity index (χ0) is 12.4. The molecule has 1 aromatic carbocycles. The quantitative estimate of drug-likeness (QED) is 0.704. The topological polar surface area (TPSA) is 41.8 Å². The van der Waals surface area contributed by atoms with E-state index in [0.717, 1.165) is 41.2 Å². The number of furan rings is 1. The highest BCUT2D eigenvalue weighted by atomic mass is 32.1. The van der Waals surface area contributed by atoms with Crippen LogP contribution >= 0.6 is 12.6 Å². The van der Waals surface area contributed by atoms with E-state index in [2.05, 4.69) is 34.7 Å². The first-order valence-corrected chi connectivity index (χ1v) is 6.59. The number of aromatic amines is 1. The summed E-state index contributed by atoms with van der Waals surface area (Å²) in [7, 11) is 0. The second kappa shape index (κ2) is 4.90. The number of fused-ring (bicyclic) bond motifs is 1. The van der Waals surface area contributed by atoms with E-state index in [1.54, 1.807) is 6.26 Å². The minimum absolute atomic E-state index is 0.747. The molecule has 18 heavy (non-hydrogen) atoms. The van der Waals surface area contributed by atoms with E-state index in [9.17, 15) is 0 Å². The highest BCUT2D eigenvalue weighted by Crippen LogP contribution is 2.16. The van der Waals surface area contributed by atoms with Crippen LogP contribution in [-0.4, -0.2) is 9.97 Å². The maximum absolute atomic E-state index is 5.31. The molecule has 2 aromatic heterocycles. The molecule has 0 spiro atoms. The summed E-state index contributed by atoms with van der Waals surface area (Å²) in [5.74, 6) is 2.74. The van der Waals surface area contributed by atoms with Crippen molar-refractivity contribution in [2.24, 2.45) is 0 Å². The molecule has 0 aliphatic carbocycles. The molecule has 2 heterocycles. The van der Waals surface area contributed by atoms with Gasteiger partial charge in [-0.1, -0.05) is 6.07 Å². The molecule has 0 fully saturated rings. The van der Waals surface area contributed by atoms with E-state index in [-0.39, 0.29) is 0 Å². The van der Waals surface area contributed by atoms with Gasteiger partial charge in [-0.2, -0.15) is 12.6 Å². The molecule has 3 rings (SSSR count). The van der Waals surface area contributed by atoms with E-state index in [0.29, 0.717) is 0 Å². The number of nitrogens with one attached hydrogen (secondary N) is 1. The zero-order valence-corrected chi connectivity index (χ0v) is 10.8. The number of benzene rings is 1. The van der Waals surface area contributed by atoms with E-state index in [1.165, 1.54) is 5.56 Å².